The van der Waals surface area contributed by atoms with Gasteiger partial charge >= 0.3 is 5.97 Å². The van der Waals surface area contributed by atoms with Crippen LogP contribution in [0.1, 0.15) is 26.7 Å². The Balaban J connectivity index is 2.50. The first-order valence-corrected chi connectivity index (χ1v) is 5.00. The van der Waals surface area contributed by atoms with Crippen molar-refractivity contribution in [2.24, 2.45) is 0 Å². The summed E-state index contributed by atoms with van der Waals surface area (Å²) in [6, 6.07) is 0. The van der Waals surface area contributed by atoms with Crippen molar-refractivity contribution < 1.29 is 9.53 Å². The maximum atomic E-state index is 11.4. The van der Waals surface area contributed by atoms with Crippen molar-refractivity contribution >= 4 is 5.97 Å². The minimum absolute atomic E-state index is 0.267. The minimum atomic E-state index is -0.289. The Morgan fingerprint density at radius 3 is 2.36 bits per heavy atom. The van der Waals surface area contributed by atoms with Gasteiger partial charge in [-0.2, -0.15) is 0 Å². The summed E-state index contributed by atoms with van der Waals surface area (Å²) in [4.78, 5) is 13.6. The molecule has 80 valence electrons. The van der Waals surface area contributed by atoms with E-state index in [0.29, 0.717) is 5.57 Å². The zero-order valence-electron chi connectivity index (χ0n) is 9.30. The van der Waals surface area contributed by atoms with Gasteiger partial charge in [-0.05, 0) is 33.7 Å². The lowest BCUT2D eigenvalue weighted by molar-refractivity contribution is -0.157. The van der Waals surface area contributed by atoms with Crippen LogP contribution < -0.4 is 0 Å². The van der Waals surface area contributed by atoms with Crippen molar-refractivity contribution in [2.75, 3.05) is 20.1 Å². The van der Waals surface area contributed by atoms with Gasteiger partial charge < -0.3 is 9.64 Å². The molecule has 0 radical (unpaired) electrons. The highest BCUT2D eigenvalue weighted by Gasteiger charge is 2.32. The molecule has 1 fully saturated rings. The summed E-state index contributed by atoms with van der Waals surface area (Å²) in [5, 5.41) is 0. The fourth-order valence-corrected chi connectivity index (χ4v) is 1.50. The van der Waals surface area contributed by atoms with Crippen LogP contribution in [0.2, 0.25) is 0 Å². The molecular weight excluding hydrogens is 178 g/mol. The highest BCUT2D eigenvalue weighted by molar-refractivity contribution is 5.87. The molecule has 1 rings (SSSR count). The van der Waals surface area contributed by atoms with Crippen LogP contribution in [0.25, 0.3) is 0 Å². The molecule has 0 aromatic heterocycles. The third-order valence-corrected chi connectivity index (χ3v) is 2.73. The largest absolute Gasteiger partial charge is 0.456 e. The molecule has 1 heterocycles. The van der Waals surface area contributed by atoms with E-state index >= 15 is 0 Å². The number of likely N-dealkylation sites (tertiary alicyclic amines) is 1. The van der Waals surface area contributed by atoms with E-state index in [4.69, 9.17) is 4.74 Å². The molecule has 3 nitrogen and oxygen atoms in total. The highest BCUT2D eigenvalue weighted by atomic mass is 16.6. The number of carbonyl (C=O) groups excluding carboxylic acids is 1. The van der Waals surface area contributed by atoms with Gasteiger partial charge in [-0.3, -0.25) is 0 Å². The average molecular weight is 197 g/mol. The molecule has 0 atom stereocenters. The quantitative estimate of drug-likeness (QED) is 0.497. The SMILES string of the molecule is C=C(C)C(=O)OC1(C)CCN(C)CC1. The number of hydrogen-bond acceptors (Lipinski definition) is 3. The van der Waals surface area contributed by atoms with Crippen LogP contribution in [0.15, 0.2) is 12.2 Å². The fourth-order valence-electron chi connectivity index (χ4n) is 1.50. The van der Waals surface area contributed by atoms with Crippen LogP contribution in [0.5, 0.6) is 0 Å². The van der Waals surface area contributed by atoms with Gasteiger partial charge in [0, 0.05) is 18.7 Å². The number of nitrogens with zero attached hydrogens (tertiary/aromatic N) is 1. The third-order valence-electron chi connectivity index (χ3n) is 2.73. The van der Waals surface area contributed by atoms with Crippen molar-refractivity contribution in [1.82, 2.24) is 4.90 Å². The number of esters is 1. The lowest BCUT2D eigenvalue weighted by Gasteiger charge is -2.37. The maximum Gasteiger partial charge on any atom is 0.333 e. The molecule has 1 saturated heterocycles. The van der Waals surface area contributed by atoms with Gasteiger partial charge in [0.05, 0.1) is 0 Å². The van der Waals surface area contributed by atoms with E-state index in [2.05, 4.69) is 18.5 Å². The van der Waals surface area contributed by atoms with Crippen molar-refractivity contribution in [3.05, 3.63) is 12.2 Å². The van der Waals surface area contributed by atoms with E-state index in [1.165, 1.54) is 0 Å². The van der Waals surface area contributed by atoms with E-state index < -0.39 is 0 Å². The van der Waals surface area contributed by atoms with Gasteiger partial charge in [0.15, 0.2) is 0 Å². The van der Waals surface area contributed by atoms with Crippen molar-refractivity contribution in [2.45, 2.75) is 32.3 Å². The van der Waals surface area contributed by atoms with E-state index in [1.54, 1.807) is 6.92 Å². The summed E-state index contributed by atoms with van der Waals surface area (Å²) >= 11 is 0. The average Bonchev–Trinajstić information content (AvgIpc) is 2.10. The zero-order chi connectivity index (χ0) is 10.8. The zero-order valence-corrected chi connectivity index (χ0v) is 9.30. The number of hydrogen-bond donors (Lipinski definition) is 0. The van der Waals surface area contributed by atoms with E-state index in [0.717, 1.165) is 25.9 Å². The predicted molar refractivity (Wildman–Crippen MR) is 56.0 cm³/mol. The molecule has 0 bridgehead atoms. The Morgan fingerprint density at radius 1 is 1.43 bits per heavy atom. The fraction of sp³-hybridized carbons (Fsp3) is 0.727. The van der Waals surface area contributed by atoms with E-state index in [9.17, 15) is 4.79 Å². The van der Waals surface area contributed by atoms with E-state index in [1.807, 2.05) is 6.92 Å². The molecule has 3 heteroatoms. The van der Waals surface area contributed by atoms with Crippen molar-refractivity contribution in [1.29, 1.82) is 0 Å². The van der Waals surface area contributed by atoms with Gasteiger partial charge in [-0.15, -0.1) is 0 Å². The van der Waals surface area contributed by atoms with Crippen LogP contribution in [0.4, 0.5) is 0 Å². The molecule has 0 aromatic rings. The van der Waals surface area contributed by atoms with Gasteiger partial charge in [0.1, 0.15) is 5.60 Å². The smallest absolute Gasteiger partial charge is 0.333 e. The Kier molecular flexibility index (Phi) is 3.32. The summed E-state index contributed by atoms with van der Waals surface area (Å²) in [5.74, 6) is -0.267. The summed E-state index contributed by atoms with van der Waals surface area (Å²) in [5.41, 5.74) is 0.188. The Bertz CT molecular complexity index is 240. The Hall–Kier alpha value is -0.830. The summed E-state index contributed by atoms with van der Waals surface area (Å²) in [7, 11) is 2.08. The lowest BCUT2D eigenvalue weighted by Crippen LogP contribution is -2.43. The molecule has 1 aliphatic heterocycles. The predicted octanol–water partition coefficient (Wildman–Crippen LogP) is 1.59. The molecule has 0 spiro atoms. The molecule has 0 saturated carbocycles. The van der Waals surface area contributed by atoms with Crippen LogP contribution in [0.3, 0.4) is 0 Å². The Morgan fingerprint density at radius 2 is 1.93 bits per heavy atom. The Labute approximate surface area is 85.7 Å². The number of piperidine rings is 1. The summed E-state index contributed by atoms with van der Waals surface area (Å²) < 4.78 is 5.42. The molecule has 0 N–H and O–H groups in total. The van der Waals surface area contributed by atoms with E-state index in [-0.39, 0.29) is 11.6 Å². The van der Waals surface area contributed by atoms with Gasteiger partial charge in [0.25, 0.3) is 0 Å². The second-order valence-electron chi connectivity index (χ2n) is 4.42. The van der Waals surface area contributed by atoms with Crippen LogP contribution in [0, 0.1) is 0 Å². The number of rotatable bonds is 2. The maximum absolute atomic E-state index is 11.4. The normalized spacial score (nSPS) is 21.6. The monoisotopic (exact) mass is 197 g/mol. The highest BCUT2D eigenvalue weighted by Crippen LogP contribution is 2.25. The third kappa shape index (κ3) is 2.84. The molecule has 0 amide bonds. The standard InChI is InChI=1S/C11H19NO2/c1-9(2)10(13)14-11(3)5-7-12(4)8-6-11/h1,5-8H2,2-4H3. The van der Waals surface area contributed by atoms with Gasteiger partial charge in [0.2, 0.25) is 0 Å². The first-order valence-electron chi connectivity index (χ1n) is 5.00. The first-order chi connectivity index (χ1) is 6.43. The van der Waals surface area contributed by atoms with Crippen LogP contribution in [-0.2, 0) is 9.53 Å². The number of ether oxygens (including phenoxy) is 1. The molecule has 0 aliphatic carbocycles. The summed E-state index contributed by atoms with van der Waals surface area (Å²) in [6.07, 6.45) is 1.81. The van der Waals surface area contributed by atoms with Gasteiger partial charge in [-0.1, -0.05) is 6.58 Å². The van der Waals surface area contributed by atoms with Crippen LogP contribution in [-0.4, -0.2) is 36.6 Å². The number of carbonyl (C=O) groups is 1. The molecule has 1 aliphatic rings. The topological polar surface area (TPSA) is 29.5 Å². The van der Waals surface area contributed by atoms with Crippen LogP contribution >= 0.6 is 0 Å². The van der Waals surface area contributed by atoms with Gasteiger partial charge in [-0.25, -0.2) is 4.79 Å². The van der Waals surface area contributed by atoms with Crippen molar-refractivity contribution in [3.8, 4) is 0 Å². The second-order valence-corrected chi connectivity index (χ2v) is 4.42. The first kappa shape index (κ1) is 11.2. The minimum Gasteiger partial charge on any atom is -0.456 e. The molecule has 0 aromatic carbocycles. The second kappa shape index (κ2) is 4.13. The molecular formula is C11H19NO2. The van der Waals surface area contributed by atoms with Crippen molar-refractivity contribution in [3.63, 3.8) is 0 Å². The molecule has 0 unspecified atom stereocenters. The lowest BCUT2D eigenvalue weighted by atomic mass is 9.93. The summed E-state index contributed by atoms with van der Waals surface area (Å²) in [6.45, 7) is 9.24. The molecule has 14 heavy (non-hydrogen) atoms.